The molecule has 0 aliphatic heterocycles. The molecule has 0 aliphatic carbocycles. The van der Waals surface area contributed by atoms with Crippen LogP contribution in [0.2, 0.25) is 0 Å². The molecule has 0 atom stereocenters. The van der Waals surface area contributed by atoms with Gasteiger partial charge in [-0.25, -0.2) is 6.57 Å². The van der Waals surface area contributed by atoms with Gasteiger partial charge in [-0.05, 0) is 39.5 Å². The Kier molecular flexibility index (Phi) is 7.62. The minimum Gasteiger partial charge on any atom is -0.465 e. The summed E-state index contributed by atoms with van der Waals surface area (Å²) >= 11 is 0. The van der Waals surface area contributed by atoms with Crippen molar-refractivity contribution in [2.45, 2.75) is 52.9 Å². The first-order valence-electron chi connectivity index (χ1n) is 6.05. The highest BCUT2D eigenvalue weighted by atomic mass is 16.5. The van der Waals surface area contributed by atoms with Crippen LogP contribution in [0.4, 0.5) is 0 Å². The van der Waals surface area contributed by atoms with Crippen LogP contribution in [0.1, 0.15) is 52.9 Å². The van der Waals surface area contributed by atoms with Crippen LogP contribution in [0.25, 0.3) is 4.85 Å². The van der Waals surface area contributed by atoms with Gasteiger partial charge in [0.15, 0.2) is 0 Å². The molecule has 0 fully saturated rings. The van der Waals surface area contributed by atoms with Gasteiger partial charge in [-0.15, -0.1) is 0 Å². The average Bonchev–Trinajstić information content (AvgIpc) is 2.27. The zero-order valence-corrected chi connectivity index (χ0v) is 10.7. The highest BCUT2D eigenvalue weighted by molar-refractivity contribution is 5.75. The number of nitrogens with zero attached hydrogens (tertiary/aromatic N) is 1. The third-order valence-electron chi connectivity index (χ3n) is 2.83. The lowest BCUT2D eigenvalue weighted by molar-refractivity contribution is -0.154. The topological polar surface area (TPSA) is 30.7 Å². The molecule has 0 rings (SSSR count). The first-order valence-corrected chi connectivity index (χ1v) is 6.05. The quantitative estimate of drug-likeness (QED) is 0.360. The molecule has 16 heavy (non-hydrogen) atoms. The monoisotopic (exact) mass is 225 g/mol. The van der Waals surface area contributed by atoms with Crippen LogP contribution in [0, 0.1) is 12.0 Å². The second-order valence-electron chi connectivity index (χ2n) is 4.67. The Morgan fingerprint density at radius 3 is 2.44 bits per heavy atom. The highest BCUT2D eigenvalue weighted by Crippen LogP contribution is 2.21. The molecule has 0 unspecified atom stereocenters. The summed E-state index contributed by atoms with van der Waals surface area (Å²) in [6, 6.07) is 0. The lowest BCUT2D eigenvalue weighted by Crippen LogP contribution is -2.26. The molecule has 0 radical (unpaired) electrons. The summed E-state index contributed by atoms with van der Waals surface area (Å²) in [5, 5.41) is 0. The summed E-state index contributed by atoms with van der Waals surface area (Å²) in [6.45, 7) is 13.6. The van der Waals surface area contributed by atoms with E-state index >= 15 is 0 Å². The number of ether oxygens (including phenoxy) is 1. The van der Waals surface area contributed by atoms with Crippen LogP contribution in [0.5, 0.6) is 0 Å². The molecule has 0 aliphatic rings. The van der Waals surface area contributed by atoms with E-state index in [0.29, 0.717) is 13.2 Å². The zero-order chi connectivity index (χ0) is 12.4. The largest absolute Gasteiger partial charge is 0.465 e. The van der Waals surface area contributed by atoms with E-state index in [1.54, 1.807) is 0 Å². The maximum Gasteiger partial charge on any atom is 0.311 e. The van der Waals surface area contributed by atoms with Crippen molar-refractivity contribution in [3.05, 3.63) is 11.4 Å². The van der Waals surface area contributed by atoms with Crippen molar-refractivity contribution in [2.75, 3.05) is 13.2 Å². The van der Waals surface area contributed by atoms with Crippen LogP contribution in [0.3, 0.4) is 0 Å². The van der Waals surface area contributed by atoms with Crippen LogP contribution in [-0.4, -0.2) is 19.1 Å². The summed E-state index contributed by atoms with van der Waals surface area (Å²) in [4.78, 5) is 14.9. The Bertz CT molecular complexity index is 241. The molecule has 0 aromatic carbocycles. The molecule has 3 nitrogen and oxygen atoms in total. The van der Waals surface area contributed by atoms with Crippen LogP contribution in [-0.2, 0) is 9.53 Å². The summed E-state index contributed by atoms with van der Waals surface area (Å²) in [7, 11) is 0. The van der Waals surface area contributed by atoms with Gasteiger partial charge in [0.05, 0.1) is 12.0 Å². The number of carbonyl (C=O) groups excluding carboxylic acids is 1. The first kappa shape index (κ1) is 15.0. The van der Waals surface area contributed by atoms with Gasteiger partial charge in [-0.1, -0.05) is 6.92 Å². The Balaban J connectivity index is 3.46. The molecule has 0 saturated carbocycles. The average molecular weight is 225 g/mol. The van der Waals surface area contributed by atoms with Crippen LogP contribution < -0.4 is 0 Å². The normalized spacial score (nSPS) is 10.9. The molecule has 0 N–H and O–H groups in total. The summed E-state index contributed by atoms with van der Waals surface area (Å²) < 4.78 is 5.20. The van der Waals surface area contributed by atoms with Gasteiger partial charge in [0.2, 0.25) is 6.54 Å². The number of unbranched alkanes of at least 4 members (excludes halogenated alkanes) is 3. The summed E-state index contributed by atoms with van der Waals surface area (Å²) in [6.07, 6.45) is 4.75. The number of hydrogen-bond acceptors (Lipinski definition) is 2. The van der Waals surface area contributed by atoms with Gasteiger partial charge in [0.25, 0.3) is 0 Å². The molecule has 0 spiro atoms. The zero-order valence-electron chi connectivity index (χ0n) is 10.7. The number of esters is 1. The van der Waals surface area contributed by atoms with E-state index in [0.717, 1.165) is 32.1 Å². The van der Waals surface area contributed by atoms with Gasteiger partial charge < -0.3 is 9.58 Å². The van der Waals surface area contributed by atoms with Crippen LogP contribution >= 0.6 is 0 Å². The van der Waals surface area contributed by atoms with E-state index in [1.807, 2.05) is 20.8 Å². The van der Waals surface area contributed by atoms with Gasteiger partial charge in [-0.3, -0.25) is 4.79 Å². The van der Waals surface area contributed by atoms with Crippen molar-refractivity contribution in [3.63, 3.8) is 0 Å². The molecule has 0 saturated heterocycles. The lowest BCUT2D eigenvalue weighted by atomic mass is 9.91. The van der Waals surface area contributed by atoms with E-state index in [4.69, 9.17) is 11.3 Å². The van der Waals surface area contributed by atoms with E-state index in [9.17, 15) is 4.79 Å². The fraction of sp³-hybridized carbons (Fsp3) is 0.846. The van der Waals surface area contributed by atoms with Crippen molar-refractivity contribution < 1.29 is 9.53 Å². The molecule has 0 aromatic rings. The van der Waals surface area contributed by atoms with E-state index in [1.165, 1.54) is 0 Å². The number of rotatable bonds is 8. The Morgan fingerprint density at radius 2 is 1.88 bits per heavy atom. The van der Waals surface area contributed by atoms with Crippen molar-refractivity contribution in [1.82, 2.24) is 0 Å². The van der Waals surface area contributed by atoms with Gasteiger partial charge in [-0.2, -0.15) is 0 Å². The first-order chi connectivity index (χ1) is 7.54. The predicted octanol–water partition coefficient (Wildman–Crippen LogP) is 3.45. The van der Waals surface area contributed by atoms with E-state index in [2.05, 4.69) is 4.85 Å². The molecule has 0 aromatic heterocycles. The fourth-order valence-electron chi connectivity index (χ4n) is 1.15. The molecule has 0 bridgehead atoms. The van der Waals surface area contributed by atoms with Gasteiger partial charge in [0.1, 0.15) is 0 Å². The standard InChI is InChI=1S/C13H23NO2/c1-5-13(2,3)12(15)16-11-9-7-6-8-10-14-4/h5-11H2,1-3H3. The van der Waals surface area contributed by atoms with Crippen molar-refractivity contribution in [3.8, 4) is 0 Å². The third-order valence-corrected chi connectivity index (χ3v) is 2.83. The Hall–Kier alpha value is -1.04. The number of carbonyl (C=O) groups is 1. The van der Waals surface area contributed by atoms with Crippen LogP contribution in [0.15, 0.2) is 0 Å². The second kappa shape index (κ2) is 8.15. The molecule has 92 valence electrons. The molecule has 0 amide bonds. The maximum atomic E-state index is 11.6. The maximum absolute atomic E-state index is 11.6. The van der Waals surface area contributed by atoms with E-state index < -0.39 is 0 Å². The van der Waals surface area contributed by atoms with Gasteiger partial charge >= 0.3 is 5.97 Å². The SMILES string of the molecule is [C-]#[N+]CCCCCCOC(=O)C(C)(C)CC. The minimum absolute atomic E-state index is 0.101. The Labute approximate surface area is 99.0 Å². The van der Waals surface area contributed by atoms with E-state index in [-0.39, 0.29) is 11.4 Å². The smallest absolute Gasteiger partial charge is 0.311 e. The molecular formula is C13H23NO2. The fourth-order valence-corrected chi connectivity index (χ4v) is 1.15. The predicted molar refractivity (Wildman–Crippen MR) is 65.0 cm³/mol. The minimum atomic E-state index is -0.357. The Morgan fingerprint density at radius 1 is 1.25 bits per heavy atom. The second-order valence-corrected chi connectivity index (χ2v) is 4.67. The summed E-state index contributed by atoms with van der Waals surface area (Å²) in [5.41, 5.74) is -0.357. The van der Waals surface area contributed by atoms with Crippen molar-refractivity contribution in [1.29, 1.82) is 0 Å². The highest BCUT2D eigenvalue weighted by Gasteiger charge is 2.26. The third kappa shape index (κ3) is 6.44. The van der Waals surface area contributed by atoms with Crippen molar-refractivity contribution >= 4 is 5.97 Å². The molecule has 3 heteroatoms. The molecular weight excluding hydrogens is 202 g/mol. The molecule has 0 heterocycles. The summed E-state index contributed by atoms with van der Waals surface area (Å²) in [5.74, 6) is -0.101. The lowest BCUT2D eigenvalue weighted by Gasteiger charge is -2.20. The van der Waals surface area contributed by atoms with Gasteiger partial charge in [0, 0.05) is 6.42 Å². The number of hydrogen-bond donors (Lipinski definition) is 0. The van der Waals surface area contributed by atoms with Crippen molar-refractivity contribution in [2.24, 2.45) is 5.41 Å².